The topological polar surface area (TPSA) is 66.5 Å². The summed E-state index contributed by atoms with van der Waals surface area (Å²) in [6.07, 6.45) is -3.47. The van der Waals surface area contributed by atoms with Gasteiger partial charge in [-0.1, -0.05) is 28.1 Å². The minimum atomic E-state index is -4.88. The molecule has 0 bridgehead atoms. The highest BCUT2D eigenvalue weighted by molar-refractivity contribution is 9.10. The minimum Gasteiger partial charge on any atom is -0.355 e. The summed E-state index contributed by atoms with van der Waals surface area (Å²) < 4.78 is 64.4. The van der Waals surface area contributed by atoms with Gasteiger partial charge in [0.1, 0.15) is 6.04 Å². The summed E-state index contributed by atoms with van der Waals surface area (Å²) in [4.78, 5) is 12.2. The molecule has 5 nitrogen and oxygen atoms in total. The van der Waals surface area contributed by atoms with Gasteiger partial charge >= 0.3 is 6.18 Å². The molecule has 10 heteroatoms. The molecule has 25 heavy (non-hydrogen) atoms. The smallest absolute Gasteiger partial charge is 0.355 e. The minimum absolute atomic E-state index is 0.194. The molecule has 0 spiro atoms. The van der Waals surface area contributed by atoms with Crippen LogP contribution in [0.3, 0.4) is 0 Å². The van der Waals surface area contributed by atoms with Gasteiger partial charge in [-0.25, -0.2) is 8.42 Å². The van der Waals surface area contributed by atoms with Gasteiger partial charge in [-0.05, 0) is 37.0 Å². The Labute approximate surface area is 152 Å². The molecular weight excluding hydrogens is 425 g/mol. The number of carbonyl (C=O) groups is 1. The second-order valence-electron chi connectivity index (χ2n) is 5.85. The maximum absolute atomic E-state index is 12.7. The number of rotatable bonds is 5. The molecule has 1 atom stereocenters. The molecule has 1 fully saturated rings. The average Bonchev–Trinajstić information content (AvgIpc) is 2.68. The molecule has 140 valence electrons. The molecule has 1 amide bonds. The van der Waals surface area contributed by atoms with Gasteiger partial charge in [-0.15, -0.1) is 0 Å². The number of benzene rings is 1. The molecule has 0 radical (unpaired) electrons. The Balaban J connectivity index is 2.36. The van der Waals surface area contributed by atoms with Crippen LogP contribution in [0.15, 0.2) is 28.7 Å². The number of halogens is 4. The third-order valence-electron chi connectivity index (χ3n) is 3.81. The summed E-state index contributed by atoms with van der Waals surface area (Å²) in [6, 6.07) is 5.40. The standard InChI is InChI=1S/C15H18BrF3N2O3S/c16-12-6-4-11(5-7-12)9-21(25(23,24)10-15(17,18)19)13-3-1-2-8-20-14(13)22/h4-7,13H,1-3,8-10H2,(H,20,22)/t13-/m1/s1. The fraction of sp³-hybridized carbons (Fsp3) is 0.533. The first kappa shape index (κ1) is 20.2. The highest BCUT2D eigenvalue weighted by atomic mass is 79.9. The maximum atomic E-state index is 12.7. The highest BCUT2D eigenvalue weighted by Gasteiger charge is 2.42. The van der Waals surface area contributed by atoms with E-state index in [4.69, 9.17) is 0 Å². The number of alkyl halides is 3. The first-order valence-corrected chi connectivity index (χ1v) is 10.1. The van der Waals surface area contributed by atoms with Crippen molar-refractivity contribution in [2.24, 2.45) is 0 Å². The molecule has 0 unspecified atom stereocenters. The van der Waals surface area contributed by atoms with Crippen LogP contribution in [-0.2, 0) is 21.4 Å². The van der Waals surface area contributed by atoms with E-state index in [0.29, 0.717) is 29.3 Å². The third-order valence-corrected chi connectivity index (χ3v) is 6.13. The molecule has 0 aliphatic carbocycles. The van der Waals surface area contributed by atoms with Crippen LogP contribution < -0.4 is 5.32 Å². The molecule has 2 rings (SSSR count). The summed E-state index contributed by atoms with van der Waals surface area (Å²) in [5, 5.41) is 2.57. The van der Waals surface area contributed by atoms with E-state index >= 15 is 0 Å². The van der Waals surface area contributed by atoms with Crippen molar-refractivity contribution in [2.45, 2.75) is 38.0 Å². The molecular formula is C15H18BrF3N2O3S. The van der Waals surface area contributed by atoms with Crippen molar-refractivity contribution < 1.29 is 26.4 Å². The van der Waals surface area contributed by atoms with E-state index in [1.807, 2.05) is 0 Å². The number of hydrogen-bond donors (Lipinski definition) is 1. The molecule has 1 saturated heterocycles. The second kappa shape index (κ2) is 8.05. The SMILES string of the molecule is O=C1NCCCC[C@H]1N(Cc1ccc(Br)cc1)S(=O)(=O)CC(F)(F)F. The molecule has 0 aromatic heterocycles. The van der Waals surface area contributed by atoms with Crippen molar-refractivity contribution in [3.63, 3.8) is 0 Å². The highest BCUT2D eigenvalue weighted by Crippen LogP contribution is 2.25. The van der Waals surface area contributed by atoms with E-state index in [-0.39, 0.29) is 13.0 Å². The number of hydrogen-bond acceptors (Lipinski definition) is 3. The lowest BCUT2D eigenvalue weighted by Gasteiger charge is -2.29. The van der Waals surface area contributed by atoms with E-state index in [1.165, 1.54) is 0 Å². The van der Waals surface area contributed by atoms with Crippen molar-refractivity contribution in [3.05, 3.63) is 34.3 Å². The van der Waals surface area contributed by atoms with Crippen LogP contribution in [0.4, 0.5) is 13.2 Å². The lowest BCUT2D eigenvalue weighted by Crippen LogP contribution is -2.50. The Morgan fingerprint density at radius 1 is 1.20 bits per heavy atom. The number of carbonyl (C=O) groups excluding carboxylic acids is 1. The quantitative estimate of drug-likeness (QED) is 0.762. The second-order valence-corrected chi connectivity index (χ2v) is 8.68. The number of amides is 1. The van der Waals surface area contributed by atoms with Crippen LogP contribution in [-0.4, -0.2) is 43.1 Å². The van der Waals surface area contributed by atoms with E-state index in [1.54, 1.807) is 24.3 Å². The molecule has 1 heterocycles. The predicted octanol–water partition coefficient (Wildman–Crippen LogP) is 2.81. The molecule has 0 saturated carbocycles. The van der Waals surface area contributed by atoms with Gasteiger partial charge in [0.05, 0.1) is 0 Å². The first-order chi connectivity index (χ1) is 11.6. The molecule has 1 aromatic rings. The summed E-state index contributed by atoms with van der Waals surface area (Å²) in [5.74, 6) is -2.54. The summed E-state index contributed by atoms with van der Waals surface area (Å²) in [7, 11) is -4.70. The van der Waals surface area contributed by atoms with Crippen LogP contribution in [0.5, 0.6) is 0 Å². The van der Waals surface area contributed by atoms with E-state index < -0.39 is 33.9 Å². The number of nitrogens with zero attached hydrogens (tertiary/aromatic N) is 1. The van der Waals surface area contributed by atoms with Gasteiger partial charge in [0.25, 0.3) is 0 Å². The van der Waals surface area contributed by atoms with Crippen molar-refractivity contribution in [3.8, 4) is 0 Å². The van der Waals surface area contributed by atoms with Crippen molar-refractivity contribution >= 4 is 31.9 Å². The monoisotopic (exact) mass is 442 g/mol. The van der Waals surface area contributed by atoms with Crippen LogP contribution in [0.25, 0.3) is 0 Å². The van der Waals surface area contributed by atoms with Crippen molar-refractivity contribution in [1.29, 1.82) is 0 Å². The Bertz CT molecular complexity index is 708. The van der Waals surface area contributed by atoms with E-state index in [2.05, 4.69) is 21.2 Å². The fourth-order valence-corrected chi connectivity index (χ4v) is 4.44. The summed E-state index contributed by atoms with van der Waals surface area (Å²) in [6.45, 7) is 0.102. The molecule has 1 aliphatic heterocycles. The Morgan fingerprint density at radius 3 is 2.44 bits per heavy atom. The van der Waals surface area contributed by atoms with Gasteiger partial charge in [-0.2, -0.15) is 17.5 Å². The predicted molar refractivity (Wildman–Crippen MR) is 90.2 cm³/mol. The zero-order chi connectivity index (χ0) is 18.7. The normalized spacial score (nSPS) is 19.6. The van der Waals surface area contributed by atoms with Gasteiger partial charge in [0, 0.05) is 17.6 Å². The van der Waals surface area contributed by atoms with E-state index in [9.17, 15) is 26.4 Å². The lowest BCUT2D eigenvalue weighted by atomic mass is 10.1. The van der Waals surface area contributed by atoms with E-state index in [0.717, 1.165) is 4.47 Å². The Kier molecular flexibility index (Phi) is 6.50. The van der Waals surface area contributed by atoms with Crippen molar-refractivity contribution in [2.75, 3.05) is 12.3 Å². The molecule has 1 aromatic carbocycles. The third kappa shape index (κ3) is 5.96. The van der Waals surface area contributed by atoms with Crippen LogP contribution >= 0.6 is 15.9 Å². The fourth-order valence-electron chi connectivity index (χ4n) is 2.66. The largest absolute Gasteiger partial charge is 0.404 e. The zero-order valence-electron chi connectivity index (χ0n) is 13.2. The summed E-state index contributed by atoms with van der Waals surface area (Å²) >= 11 is 3.24. The number of nitrogens with one attached hydrogen (secondary N) is 1. The van der Waals surface area contributed by atoms with Gasteiger partial charge in [0.2, 0.25) is 15.9 Å². The Hall–Kier alpha value is -1.13. The van der Waals surface area contributed by atoms with Crippen molar-refractivity contribution in [1.82, 2.24) is 9.62 Å². The molecule has 1 N–H and O–H groups in total. The van der Waals surface area contributed by atoms with Gasteiger partial charge < -0.3 is 5.32 Å². The van der Waals surface area contributed by atoms with Crippen LogP contribution in [0, 0.1) is 0 Å². The maximum Gasteiger partial charge on any atom is 0.404 e. The number of sulfonamides is 1. The lowest BCUT2D eigenvalue weighted by molar-refractivity contribution is -0.125. The van der Waals surface area contributed by atoms with Crippen LogP contribution in [0.1, 0.15) is 24.8 Å². The zero-order valence-corrected chi connectivity index (χ0v) is 15.6. The summed E-state index contributed by atoms with van der Waals surface area (Å²) in [5.41, 5.74) is 0.506. The average molecular weight is 443 g/mol. The van der Waals surface area contributed by atoms with Gasteiger partial charge in [0.15, 0.2) is 5.75 Å². The Morgan fingerprint density at radius 2 is 1.84 bits per heavy atom. The first-order valence-electron chi connectivity index (χ1n) is 7.67. The van der Waals surface area contributed by atoms with Gasteiger partial charge in [-0.3, -0.25) is 4.79 Å². The molecule has 1 aliphatic rings. The van der Waals surface area contributed by atoms with Crippen LogP contribution in [0.2, 0.25) is 0 Å².